The highest BCUT2D eigenvalue weighted by Gasteiger charge is 2.13. The summed E-state index contributed by atoms with van der Waals surface area (Å²) < 4.78 is 4.59. The number of carbonyl (C=O) groups is 2. The van der Waals surface area contributed by atoms with Gasteiger partial charge < -0.3 is 20.5 Å². The third-order valence-corrected chi connectivity index (χ3v) is 2.12. The first kappa shape index (κ1) is 15.3. The normalized spacial score (nSPS) is 11.3. The second kappa shape index (κ2) is 9.48. The van der Waals surface area contributed by atoms with Crippen LogP contribution in [0.4, 0.5) is 4.79 Å². The molecule has 1 unspecified atom stereocenters. The predicted molar refractivity (Wildman–Crippen MR) is 62.5 cm³/mol. The first-order valence-electron chi connectivity index (χ1n) is 5.36. The molecule has 1 atom stereocenters. The van der Waals surface area contributed by atoms with E-state index in [0.29, 0.717) is 25.8 Å². The highest BCUT2D eigenvalue weighted by atomic mass is 16.5. The van der Waals surface area contributed by atoms with E-state index in [1.165, 1.54) is 0 Å². The molecule has 0 saturated heterocycles. The lowest BCUT2D eigenvalue weighted by atomic mass is 10.1. The van der Waals surface area contributed by atoms with Crippen molar-refractivity contribution in [3.63, 3.8) is 0 Å². The molecule has 0 aromatic carbocycles. The van der Waals surface area contributed by atoms with Gasteiger partial charge in [-0.05, 0) is 26.3 Å². The fraction of sp³-hybridized carbons (Fsp3) is 0.636. The first-order chi connectivity index (χ1) is 8.11. The summed E-state index contributed by atoms with van der Waals surface area (Å²) in [6.45, 7) is 0.395. The van der Waals surface area contributed by atoms with E-state index in [4.69, 9.17) is 11.5 Å². The largest absolute Gasteiger partial charge is 0.480 e. The topological polar surface area (TPSA) is 87.7 Å². The van der Waals surface area contributed by atoms with Crippen molar-refractivity contribution in [3.8, 4) is 12.3 Å². The number of alkyl carbamates (subject to hydrolysis) is 1. The van der Waals surface area contributed by atoms with Gasteiger partial charge in [0.2, 0.25) is 0 Å². The number of likely N-dealkylation sites (N-methyl/N-ethyl adjacent to an activating group) is 1. The van der Waals surface area contributed by atoms with Gasteiger partial charge in [-0.25, -0.2) is 4.79 Å². The molecule has 0 aromatic rings. The van der Waals surface area contributed by atoms with E-state index < -0.39 is 18.1 Å². The fourth-order valence-corrected chi connectivity index (χ4v) is 1.21. The number of carboxylic acid groups (broad SMARTS) is 1. The van der Waals surface area contributed by atoms with Gasteiger partial charge in [-0.1, -0.05) is 5.92 Å². The van der Waals surface area contributed by atoms with Gasteiger partial charge in [0.1, 0.15) is 6.04 Å². The zero-order valence-corrected chi connectivity index (χ0v) is 9.86. The van der Waals surface area contributed by atoms with E-state index in [0.717, 1.165) is 0 Å². The van der Waals surface area contributed by atoms with E-state index in [1.54, 1.807) is 7.05 Å². The Hall–Kier alpha value is -1.74. The number of hydrogen-bond acceptors (Lipinski definition) is 4. The summed E-state index contributed by atoms with van der Waals surface area (Å²) in [5.41, 5.74) is 0. The molecule has 0 aromatic heterocycles. The molecule has 96 valence electrons. The van der Waals surface area contributed by atoms with Crippen LogP contribution in [0.15, 0.2) is 0 Å². The summed E-state index contributed by atoms with van der Waals surface area (Å²) in [6, 6.07) is -0.539. The van der Waals surface area contributed by atoms with Crippen LogP contribution in [0, 0.1) is 12.3 Å². The van der Waals surface area contributed by atoms with Crippen molar-refractivity contribution in [3.05, 3.63) is 0 Å². The fourth-order valence-electron chi connectivity index (χ4n) is 1.21. The molecule has 6 nitrogen and oxygen atoms in total. The average Bonchev–Trinajstić information content (AvgIpc) is 2.30. The summed E-state index contributed by atoms with van der Waals surface area (Å²) in [6.07, 6.45) is 6.28. The summed E-state index contributed by atoms with van der Waals surface area (Å²) in [5.74, 6) is 1.31. The Morgan fingerprint density at radius 2 is 2.18 bits per heavy atom. The third kappa shape index (κ3) is 8.11. The van der Waals surface area contributed by atoms with Gasteiger partial charge >= 0.3 is 12.1 Å². The summed E-state index contributed by atoms with van der Waals surface area (Å²) in [4.78, 5) is 21.6. The highest BCUT2D eigenvalue weighted by Crippen LogP contribution is 2.00. The van der Waals surface area contributed by atoms with Gasteiger partial charge in [0.05, 0.1) is 0 Å². The van der Waals surface area contributed by atoms with Crippen molar-refractivity contribution in [2.24, 2.45) is 0 Å². The summed E-state index contributed by atoms with van der Waals surface area (Å²) in [7, 11) is 1.61. The first-order valence-corrected chi connectivity index (χ1v) is 5.36. The molecule has 0 aliphatic heterocycles. The maximum Gasteiger partial charge on any atom is 0.408 e. The van der Waals surface area contributed by atoms with Gasteiger partial charge in [0.15, 0.2) is 6.61 Å². The minimum absolute atomic E-state index is 0.0489. The predicted octanol–water partition coefficient (Wildman–Crippen LogP) is 0.189. The van der Waals surface area contributed by atoms with Crippen molar-refractivity contribution in [2.75, 3.05) is 20.2 Å². The summed E-state index contributed by atoms with van der Waals surface area (Å²) >= 11 is 0. The Balaban J connectivity index is 3.49. The summed E-state index contributed by atoms with van der Waals surface area (Å²) in [5, 5.41) is 14.0. The van der Waals surface area contributed by atoms with Crippen LogP contribution in [0.2, 0.25) is 0 Å². The minimum atomic E-state index is -0.867. The Bertz CT molecular complexity index is 286. The number of unbranched alkanes of at least 4 members (excludes halogenated alkanes) is 1. The van der Waals surface area contributed by atoms with Crippen LogP contribution in [0.5, 0.6) is 0 Å². The van der Waals surface area contributed by atoms with E-state index >= 15 is 0 Å². The lowest BCUT2D eigenvalue weighted by Crippen LogP contribution is -2.34. The molecule has 0 rings (SSSR count). The maximum absolute atomic E-state index is 10.9. The van der Waals surface area contributed by atoms with Crippen LogP contribution in [-0.4, -0.2) is 43.4 Å². The quantitative estimate of drug-likeness (QED) is 0.418. The number of amides is 1. The number of carbonyl (C=O) groups excluding carboxylic acids is 1. The van der Waals surface area contributed by atoms with Crippen molar-refractivity contribution in [1.29, 1.82) is 0 Å². The van der Waals surface area contributed by atoms with E-state index in [9.17, 15) is 9.59 Å². The smallest absolute Gasteiger partial charge is 0.408 e. The monoisotopic (exact) mass is 242 g/mol. The van der Waals surface area contributed by atoms with Crippen molar-refractivity contribution in [1.82, 2.24) is 10.6 Å². The number of ether oxygens (including phenoxy) is 1. The molecule has 1 amide bonds. The molecule has 6 heteroatoms. The minimum Gasteiger partial charge on any atom is -0.480 e. The molecule has 0 heterocycles. The van der Waals surface area contributed by atoms with Gasteiger partial charge in [0, 0.05) is 6.54 Å². The van der Waals surface area contributed by atoms with Crippen LogP contribution in [0.25, 0.3) is 0 Å². The molecule has 0 bridgehead atoms. The van der Waals surface area contributed by atoms with Gasteiger partial charge in [-0.15, -0.1) is 6.42 Å². The number of hydrogen-bond donors (Lipinski definition) is 3. The molecule has 0 radical (unpaired) electrons. The second-order valence-corrected chi connectivity index (χ2v) is 3.38. The standard InChI is InChI=1S/C11H18N2O4/c1-3-8-17-11(16)13-7-5-4-6-9(12-2)10(14)15/h1,9,12H,4-8H2,2H3,(H,13,16)(H,14,15). The van der Waals surface area contributed by atoms with Crippen LogP contribution in [0.3, 0.4) is 0 Å². The zero-order valence-electron chi connectivity index (χ0n) is 9.86. The lowest BCUT2D eigenvalue weighted by Gasteiger charge is -2.10. The molecule has 0 spiro atoms. The van der Waals surface area contributed by atoms with Crippen LogP contribution in [0.1, 0.15) is 19.3 Å². The van der Waals surface area contributed by atoms with Crippen molar-refractivity contribution < 1.29 is 19.4 Å². The van der Waals surface area contributed by atoms with Gasteiger partial charge in [-0.2, -0.15) is 0 Å². The number of aliphatic carboxylic acids is 1. The lowest BCUT2D eigenvalue weighted by molar-refractivity contribution is -0.139. The number of carboxylic acids is 1. The van der Waals surface area contributed by atoms with Crippen LogP contribution >= 0.6 is 0 Å². The highest BCUT2D eigenvalue weighted by molar-refractivity contribution is 5.73. The van der Waals surface area contributed by atoms with Crippen LogP contribution < -0.4 is 10.6 Å². The molecule has 0 aliphatic carbocycles. The van der Waals surface area contributed by atoms with E-state index in [-0.39, 0.29) is 6.61 Å². The number of rotatable bonds is 8. The number of nitrogens with one attached hydrogen (secondary N) is 2. The third-order valence-electron chi connectivity index (χ3n) is 2.12. The Morgan fingerprint density at radius 1 is 1.47 bits per heavy atom. The maximum atomic E-state index is 10.9. The molecule has 0 fully saturated rings. The Kier molecular flexibility index (Phi) is 8.51. The van der Waals surface area contributed by atoms with Gasteiger partial charge in [0.25, 0.3) is 0 Å². The van der Waals surface area contributed by atoms with E-state index in [2.05, 4.69) is 21.3 Å². The van der Waals surface area contributed by atoms with Crippen molar-refractivity contribution >= 4 is 12.1 Å². The second-order valence-electron chi connectivity index (χ2n) is 3.38. The molecule has 0 saturated carbocycles. The molecule has 3 N–H and O–H groups in total. The molecule has 0 aliphatic rings. The zero-order chi connectivity index (χ0) is 13.1. The Morgan fingerprint density at radius 3 is 2.71 bits per heavy atom. The Labute approximate surface area is 101 Å². The average molecular weight is 242 g/mol. The van der Waals surface area contributed by atoms with E-state index in [1.807, 2.05) is 0 Å². The van der Waals surface area contributed by atoms with Gasteiger partial charge in [-0.3, -0.25) is 4.79 Å². The number of terminal acetylenes is 1. The molecular weight excluding hydrogens is 224 g/mol. The van der Waals surface area contributed by atoms with Crippen LogP contribution in [-0.2, 0) is 9.53 Å². The SMILES string of the molecule is C#CCOC(=O)NCCCCC(NC)C(=O)O. The molecular formula is C11H18N2O4. The van der Waals surface area contributed by atoms with Crippen molar-refractivity contribution in [2.45, 2.75) is 25.3 Å². The molecule has 17 heavy (non-hydrogen) atoms.